The van der Waals surface area contributed by atoms with Gasteiger partial charge in [-0.1, -0.05) is 60.7 Å². The fourth-order valence-corrected chi connectivity index (χ4v) is 3.85. The van der Waals surface area contributed by atoms with Crippen LogP contribution in [-0.2, 0) is 6.54 Å². The molecule has 1 N–H and O–H groups in total. The second-order valence-corrected chi connectivity index (χ2v) is 8.16. The van der Waals surface area contributed by atoms with Crippen molar-refractivity contribution in [2.24, 2.45) is 0 Å². The summed E-state index contributed by atoms with van der Waals surface area (Å²) in [7, 11) is 0. The molecule has 0 spiro atoms. The molecule has 5 aromatic rings. The maximum atomic E-state index is 13.5. The van der Waals surface area contributed by atoms with E-state index in [0.29, 0.717) is 23.6 Å². The van der Waals surface area contributed by atoms with E-state index in [0.717, 1.165) is 22.2 Å². The van der Waals surface area contributed by atoms with Crippen LogP contribution in [0.4, 0.5) is 5.82 Å². The van der Waals surface area contributed by atoms with Crippen molar-refractivity contribution in [1.29, 1.82) is 0 Å². The van der Waals surface area contributed by atoms with Crippen molar-refractivity contribution in [2.75, 3.05) is 5.32 Å². The van der Waals surface area contributed by atoms with Crippen molar-refractivity contribution in [3.8, 4) is 11.3 Å². The lowest BCUT2D eigenvalue weighted by Crippen LogP contribution is -2.17. The Kier molecular flexibility index (Phi) is 5.44. The highest BCUT2D eigenvalue weighted by molar-refractivity contribution is 6.12. The van der Waals surface area contributed by atoms with E-state index in [4.69, 9.17) is 4.98 Å². The third kappa shape index (κ3) is 4.13. The highest BCUT2D eigenvalue weighted by atomic mass is 16.1. The van der Waals surface area contributed by atoms with Crippen molar-refractivity contribution in [3.05, 3.63) is 96.3 Å². The second kappa shape index (κ2) is 8.70. The number of fused-ring (bicyclic) bond motifs is 1. The van der Waals surface area contributed by atoms with Crippen molar-refractivity contribution < 1.29 is 4.79 Å². The maximum Gasteiger partial charge on any atom is 0.257 e. The third-order valence-corrected chi connectivity index (χ3v) is 5.50. The molecule has 0 saturated carbocycles. The van der Waals surface area contributed by atoms with Gasteiger partial charge in [0.25, 0.3) is 5.91 Å². The van der Waals surface area contributed by atoms with E-state index in [1.807, 2.05) is 85.3 Å². The SMILES string of the molecule is CC(C)n1ncc2c(C(=O)Nc3ccnn3Cc3ccccc3)cc(-c3ccccc3)nc21. The van der Waals surface area contributed by atoms with Gasteiger partial charge in [0.2, 0.25) is 0 Å². The van der Waals surface area contributed by atoms with E-state index in [1.165, 1.54) is 0 Å². The van der Waals surface area contributed by atoms with Crippen LogP contribution < -0.4 is 5.32 Å². The summed E-state index contributed by atoms with van der Waals surface area (Å²) in [6.07, 6.45) is 3.40. The average Bonchev–Trinajstić information content (AvgIpc) is 3.46. The minimum atomic E-state index is -0.224. The van der Waals surface area contributed by atoms with E-state index < -0.39 is 0 Å². The molecule has 0 unspecified atom stereocenters. The number of nitrogens with one attached hydrogen (secondary N) is 1. The fraction of sp³-hybridized carbons (Fsp3) is 0.154. The van der Waals surface area contributed by atoms with Crippen LogP contribution in [0.15, 0.2) is 85.2 Å². The average molecular weight is 437 g/mol. The van der Waals surface area contributed by atoms with E-state index >= 15 is 0 Å². The number of carbonyl (C=O) groups is 1. The molecule has 0 fully saturated rings. The van der Waals surface area contributed by atoms with Crippen LogP contribution in [0.25, 0.3) is 22.3 Å². The van der Waals surface area contributed by atoms with Gasteiger partial charge in [-0.15, -0.1) is 0 Å². The first-order valence-electron chi connectivity index (χ1n) is 10.9. The molecule has 164 valence electrons. The minimum Gasteiger partial charge on any atom is -0.307 e. The van der Waals surface area contributed by atoms with Crippen LogP contribution in [0.1, 0.15) is 35.8 Å². The normalized spacial score (nSPS) is 11.2. The Morgan fingerprint density at radius 3 is 2.42 bits per heavy atom. The van der Waals surface area contributed by atoms with Crippen LogP contribution in [0.2, 0.25) is 0 Å². The Balaban J connectivity index is 1.53. The third-order valence-electron chi connectivity index (χ3n) is 5.50. The number of benzene rings is 2. The molecule has 33 heavy (non-hydrogen) atoms. The number of amides is 1. The Hall–Kier alpha value is -4.26. The van der Waals surface area contributed by atoms with Crippen molar-refractivity contribution >= 4 is 22.8 Å². The molecule has 7 heteroatoms. The lowest BCUT2D eigenvalue weighted by Gasteiger charge is -2.12. The largest absolute Gasteiger partial charge is 0.307 e. The Morgan fingerprint density at radius 1 is 0.970 bits per heavy atom. The van der Waals surface area contributed by atoms with Crippen molar-refractivity contribution in [3.63, 3.8) is 0 Å². The van der Waals surface area contributed by atoms with Gasteiger partial charge in [0.1, 0.15) is 5.82 Å². The van der Waals surface area contributed by atoms with Gasteiger partial charge < -0.3 is 5.32 Å². The molecule has 0 aliphatic rings. The lowest BCUT2D eigenvalue weighted by molar-refractivity contribution is 0.102. The molecule has 0 saturated heterocycles. The van der Waals surface area contributed by atoms with Gasteiger partial charge in [0.15, 0.2) is 5.65 Å². The first-order valence-corrected chi connectivity index (χ1v) is 10.9. The summed E-state index contributed by atoms with van der Waals surface area (Å²) in [5.41, 5.74) is 3.99. The summed E-state index contributed by atoms with van der Waals surface area (Å²) < 4.78 is 3.62. The number of hydrogen-bond donors (Lipinski definition) is 1. The van der Waals surface area contributed by atoms with E-state index in [2.05, 4.69) is 15.5 Å². The van der Waals surface area contributed by atoms with Gasteiger partial charge in [0.05, 0.1) is 35.6 Å². The van der Waals surface area contributed by atoms with Gasteiger partial charge in [0, 0.05) is 17.7 Å². The fourth-order valence-electron chi connectivity index (χ4n) is 3.85. The number of anilines is 1. The Morgan fingerprint density at radius 2 is 1.70 bits per heavy atom. The zero-order valence-corrected chi connectivity index (χ0v) is 18.5. The summed E-state index contributed by atoms with van der Waals surface area (Å²) in [6.45, 7) is 4.66. The smallest absolute Gasteiger partial charge is 0.257 e. The Bertz CT molecular complexity index is 1400. The topological polar surface area (TPSA) is 77.6 Å². The van der Waals surface area contributed by atoms with Crippen molar-refractivity contribution in [2.45, 2.75) is 26.4 Å². The molecular weight excluding hydrogens is 412 g/mol. The van der Waals surface area contributed by atoms with Crippen LogP contribution in [-0.4, -0.2) is 30.5 Å². The predicted molar refractivity (Wildman–Crippen MR) is 129 cm³/mol. The monoisotopic (exact) mass is 436 g/mol. The van der Waals surface area contributed by atoms with Gasteiger partial charge in [-0.25, -0.2) is 14.3 Å². The summed E-state index contributed by atoms with van der Waals surface area (Å²) in [5.74, 6) is 0.407. The first kappa shape index (κ1) is 20.6. The van der Waals surface area contributed by atoms with Crippen LogP contribution >= 0.6 is 0 Å². The lowest BCUT2D eigenvalue weighted by atomic mass is 10.1. The summed E-state index contributed by atoms with van der Waals surface area (Å²) >= 11 is 0. The van der Waals surface area contributed by atoms with E-state index in [-0.39, 0.29) is 11.9 Å². The molecule has 2 aromatic carbocycles. The van der Waals surface area contributed by atoms with Gasteiger partial charge >= 0.3 is 0 Å². The molecule has 5 rings (SSSR count). The molecule has 0 aliphatic heterocycles. The molecule has 1 amide bonds. The molecule has 3 aromatic heterocycles. The van der Waals surface area contributed by atoms with Crippen LogP contribution in [0.5, 0.6) is 0 Å². The highest BCUT2D eigenvalue weighted by Gasteiger charge is 2.19. The quantitative estimate of drug-likeness (QED) is 0.398. The number of pyridine rings is 1. The zero-order valence-electron chi connectivity index (χ0n) is 18.5. The van der Waals surface area contributed by atoms with Crippen molar-refractivity contribution in [1.82, 2.24) is 24.5 Å². The zero-order chi connectivity index (χ0) is 22.8. The molecule has 0 atom stereocenters. The predicted octanol–water partition coefficient (Wildman–Crippen LogP) is 5.18. The number of aromatic nitrogens is 5. The maximum absolute atomic E-state index is 13.5. The number of nitrogens with zero attached hydrogens (tertiary/aromatic N) is 5. The summed E-state index contributed by atoms with van der Waals surface area (Å²) in [4.78, 5) is 18.3. The molecule has 0 aliphatic carbocycles. The highest BCUT2D eigenvalue weighted by Crippen LogP contribution is 2.27. The summed E-state index contributed by atoms with van der Waals surface area (Å²) in [6, 6.07) is 23.6. The first-order chi connectivity index (χ1) is 16.1. The number of hydrogen-bond acceptors (Lipinski definition) is 4. The molecule has 3 heterocycles. The number of rotatable bonds is 6. The molecule has 0 radical (unpaired) electrons. The Labute approximate surface area is 191 Å². The van der Waals surface area contributed by atoms with E-state index in [9.17, 15) is 4.79 Å². The molecule has 7 nitrogen and oxygen atoms in total. The minimum absolute atomic E-state index is 0.115. The summed E-state index contributed by atoms with van der Waals surface area (Å²) in [5, 5.41) is 12.6. The van der Waals surface area contributed by atoms with Gasteiger partial charge in [-0.2, -0.15) is 10.2 Å². The van der Waals surface area contributed by atoms with Gasteiger partial charge in [-0.05, 0) is 25.5 Å². The second-order valence-electron chi connectivity index (χ2n) is 8.16. The standard InChI is InChI=1S/C26H24N6O/c1-18(2)32-25-22(16-28-32)21(15-23(29-25)20-11-7-4-8-12-20)26(33)30-24-13-14-27-31(24)17-19-9-5-3-6-10-19/h3-16,18H,17H2,1-2H3,(H,30,33). The molecule has 0 bridgehead atoms. The van der Waals surface area contributed by atoms with E-state index in [1.54, 1.807) is 23.1 Å². The number of carbonyl (C=O) groups excluding carboxylic acids is 1. The van der Waals surface area contributed by atoms with Gasteiger partial charge in [-0.3, -0.25) is 4.79 Å². The molecular formula is C26H24N6O. The van der Waals surface area contributed by atoms with Crippen LogP contribution in [0, 0.1) is 0 Å². The van der Waals surface area contributed by atoms with Crippen LogP contribution in [0.3, 0.4) is 0 Å².